The molecule has 1 amide bonds. The van der Waals surface area contributed by atoms with Crippen molar-refractivity contribution in [2.45, 2.75) is 26.8 Å². The van der Waals surface area contributed by atoms with Gasteiger partial charge in [0.15, 0.2) is 11.5 Å². The number of benzene rings is 1. The Morgan fingerprint density at radius 2 is 1.75 bits per heavy atom. The van der Waals surface area contributed by atoms with Gasteiger partial charge in [-0.1, -0.05) is 32.4 Å². The minimum Gasteiger partial charge on any atom is -0.493 e. The molecule has 0 saturated carbocycles. The van der Waals surface area contributed by atoms with Gasteiger partial charge in [-0.05, 0) is 5.41 Å². The Morgan fingerprint density at radius 1 is 1.25 bits per heavy atom. The first-order valence-electron chi connectivity index (χ1n) is 6.18. The lowest BCUT2D eigenvalue weighted by molar-refractivity contribution is -0.119. The number of amides is 1. The molecule has 0 unspecified atom stereocenters. The SMILES string of the molecule is COc1cc(Cl)c(NC(=O)[C@H](N)C(C)(C)C)cc1OC. The molecule has 112 valence electrons. The van der Waals surface area contributed by atoms with Crippen LogP contribution in [0.2, 0.25) is 5.02 Å². The van der Waals surface area contributed by atoms with E-state index in [9.17, 15) is 4.79 Å². The van der Waals surface area contributed by atoms with Gasteiger partial charge in [0, 0.05) is 12.1 Å². The minimum absolute atomic E-state index is 0.299. The normalized spacial score (nSPS) is 12.8. The van der Waals surface area contributed by atoms with E-state index < -0.39 is 6.04 Å². The molecule has 6 heteroatoms. The molecule has 0 spiro atoms. The third kappa shape index (κ3) is 3.77. The molecule has 1 aromatic rings. The average Bonchev–Trinajstić information content (AvgIpc) is 2.38. The largest absolute Gasteiger partial charge is 0.493 e. The van der Waals surface area contributed by atoms with Gasteiger partial charge in [0.25, 0.3) is 0 Å². The molecule has 1 atom stereocenters. The molecular weight excluding hydrogens is 280 g/mol. The second-order valence-electron chi connectivity index (χ2n) is 5.52. The van der Waals surface area contributed by atoms with Gasteiger partial charge in [0.1, 0.15) is 0 Å². The number of rotatable bonds is 4. The van der Waals surface area contributed by atoms with E-state index in [1.165, 1.54) is 14.2 Å². The van der Waals surface area contributed by atoms with E-state index in [1.54, 1.807) is 12.1 Å². The monoisotopic (exact) mass is 300 g/mol. The lowest BCUT2D eigenvalue weighted by Gasteiger charge is -2.26. The fourth-order valence-corrected chi connectivity index (χ4v) is 1.75. The molecule has 0 aliphatic heterocycles. The van der Waals surface area contributed by atoms with Crippen LogP contribution in [0.15, 0.2) is 12.1 Å². The summed E-state index contributed by atoms with van der Waals surface area (Å²) in [6, 6.07) is 2.54. The molecule has 0 radical (unpaired) electrons. The Balaban J connectivity index is 3.01. The van der Waals surface area contributed by atoms with E-state index in [-0.39, 0.29) is 11.3 Å². The maximum absolute atomic E-state index is 12.1. The van der Waals surface area contributed by atoms with Crippen molar-refractivity contribution in [3.63, 3.8) is 0 Å². The molecule has 0 bridgehead atoms. The van der Waals surface area contributed by atoms with E-state index in [1.807, 2.05) is 20.8 Å². The van der Waals surface area contributed by atoms with Crippen molar-refractivity contribution in [3.8, 4) is 11.5 Å². The molecule has 20 heavy (non-hydrogen) atoms. The van der Waals surface area contributed by atoms with Crippen LogP contribution in [0.3, 0.4) is 0 Å². The Morgan fingerprint density at radius 3 is 2.20 bits per heavy atom. The van der Waals surface area contributed by atoms with Crippen LogP contribution in [0.4, 0.5) is 5.69 Å². The summed E-state index contributed by atoms with van der Waals surface area (Å²) >= 11 is 6.11. The van der Waals surface area contributed by atoms with Gasteiger partial charge in [-0.2, -0.15) is 0 Å². The van der Waals surface area contributed by atoms with E-state index >= 15 is 0 Å². The number of methoxy groups -OCH3 is 2. The highest BCUT2D eigenvalue weighted by atomic mass is 35.5. The van der Waals surface area contributed by atoms with Gasteiger partial charge in [-0.15, -0.1) is 0 Å². The molecule has 5 nitrogen and oxygen atoms in total. The van der Waals surface area contributed by atoms with E-state index in [2.05, 4.69) is 5.32 Å². The zero-order valence-corrected chi connectivity index (χ0v) is 13.2. The summed E-state index contributed by atoms with van der Waals surface area (Å²) in [7, 11) is 3.03. The number of carbonyl (C=O) groups is 1. The van der Waals surface area contributed by atoms with E-state index in [0.29, 0.717) is 22.2 Å². The molecule has 0 saturated heterocycles. The van der Waals surface area contributed by atoms with Crippen molar-refractivity contribution >= 4 is 23.2 Å². The van der Waals surface area contributed by atoms with E-state index in [4.69, 9.17) is 26.8 Å². The highest BCUT2D eigenvalue weighted by molar-refractivity contribution is 6.34. The molecule has 3 N–H and O–H groups in total. The first-order chi connectivity index (χ1) is 9.20. The lowest BCUT2D eigenvalue weighted by atomic mass is 9.87. The van der Waals surface area contributed by atoms with Crippen molar-refractivity contribution in [2.75, 3.05) is 19.5 Å². The number of hydrogen-bond acceptors (Lipinski definition) is 4. The second-order valence-corrected chi connectivity index (χ2v) is 5.93. The summed E-state index contributed by atoms with van der Waals surface area (Å²) in [5.41, 5.74) is 6.01. The third-order valence-electron chi connectivity index (χ3n) is 2.95. The van der Waals surface area contributed by atoms with Crippen LogP contribution in [0.25, 0.3) is 0 Å². The number of nitrogens with one attached hydrogen (secondary N) is 1. The van der Waals surface area contributed by atoms with E-state index in [0.717, 1.165) is 0 Å². The van der Waals surface area contributed by atoms with Crippen molar-refractivity contribution < 1.29 is 14.3 Å². The zero-order valence-electron chi connectivity index (χ0n) is 12.4. The topological polar surface area (TPSA) is 73.6 Å². The Kier molecular flexibility index (Phi) is 5.25. The second kappa shape index (κ2) is 6.33. The molecule has 0 aliphatic rings. The van der Waals surface area contributed by atoms with Crippen molar-refractivity contribution in [2.24, 2.45) is 11.1 Å². The predicted molar refractivity (Wildman–Crippen MR) is 80.6 cm³/mol. The molecule has 0 fully saturated rings. The minimum atomic E-state index is -0.647. The standard InChI is InChI=1S/C14H21ClN2O3/c1-14(2,3)12(16)13(18)17-9-7-11(20-5)10(19-4)6-8(9)15/h6-7,12H,16H2,1-5H3,(H,17,18)/t12-/m0/s1. The molecule has 0 aliphatic carbocycles. The summed E-state index contributed by atoms with van der Waals surface area (Å²) in [6.45, 7) is 5.69. The lowest BCUT2D eigenvalue weighted by Crippen LogP contribution is -2.45. The Labute approximate surface area is 124 Å². The van der Waals surface area contributed by atoms with Crippen molar-refractivity contribution in [1.82, 2.24) is 0 Å². The summed E-state index contributed by atoms with van der Waals surface area (Å²) in [5, 5.41) is 3.07. The van der Waals surface area contributed by atoms with Gasteiger partial charge in [0.2, 0.25) is 5.91 Å². The first kappa shape index (κ1) is 16.6. The van der Waals surface area contributed by atoms with Crippen molar-refractivity contribution in [1.29, 1.82) is 0 Å². The number of nitrogens with two attached hydrogens (primary N) is 1. The summed E-state index contributed by atoms with van der Waals surface area (Å²) in [4.78, 5) is 12.1. The molecular formula is C14H21ClN2O3. The molecule has 1 aromatic carbocycles. The smallest absolute Gasteiger partial charge is 0.241 e. The highest BCUT2D eigenvalue weighted by Gasteiger charge is 2.28. The third-order valence-corrected chi connectivity index (χ3v) is 3.26. The van der Waals surface area contributed by atoms with Gasteiger partial charge in [0.05, 0.1) is 31.0 Å². The van der Waals surface area contributed by atoms with Crippen LogP contribution in [0, 0.1) is 5.41 Å². The van der Waals surface area contributed by atoms with Crippen LogP contribution in [-0.4, -0.2) is 26.2 Å². The van der Waals surface area contributed by atoms with Gasteiger partial charge >= 0.3 is 0 Å². The van der Waals surface area contributed by atoms with Crippen LogP contribution < -0.4 is 20.5 Å². The van der Waals surface area contributed by atoms with Crippen LogP contribution in [0.1, 0.15) is 20.8 Å². The highest BCUT2D eigenvalue weighted by Crippen LogP contribution is 2.36. The zero-order chi connectivity index (χ0) is 15.5. The predicted octanol–water partition coefficient (Wildman–Crippen LogP) is 2.67. The number of carbonyl (C=O) groups excluding carboxylic acids is 1. The number of anilines is 1. The molecule has 0 heterocycles. The van der Waals surface area contributed by atoms with Gasteiger partial charge < -0.3 is 20.5 Å². The maximum Gasteiger partial charge on any atom is 0.241 e. The Bertz CT molecular complexity index is 498. The Hall–Kier alpha value is -1.46. The fraction of sp³-hybridized carbons (Fsp3) is 0.500. The van der Waals surface area contributed by atoms with Crippen LogP contribution in [0.5, 0.6) is 11.5 Å². The van der Waals surface area contributed by atoms with Crippen LogP contribution >= 0.6 is 11.6 Å². The van der Waals surface area contributed by atoms with Crippen molar-refractivity contribution in [3.05, 3.63) is 17.2 Å². The maximum atomic E-state index is 12.1. The average molecular weight is 301 g/mol. The number of hydrogen-bond donors (Lipinski definition) is 2. The fourth-order valence-electron chi connectivity index (χ4n) is 1.55. The number of halogens is 1. The van der Waals surface area contributed by atoms with Crippen LogP contribution in [-0.2, 0) is 4.79 Å². The van der Waals surface area contributed by atoms with Gasteiger partial charge in [-0.25, -0.2) is 0 Å². The molecule has 1 rings (SSSR count). The number of ether oxygens (including phenoxy) is 2. The van der Waals surface area contributed by atoms with Gasteiger partial charge in [-0.3, -0.25) is 4.79 Å². The summed E-state index contributed by atoms with van der Waals surface area (Å²) in [5.74, 6) is 0.679. The summed E-state index contributed by atoms with van der Waals surface area (Å²) in [6.07, 6.45) is 0. The molecule has 0 aromatic heterocycles. The quantitative estimate of drug-likeness (QED) is 0.896. The summed E-state index contributed by atoms with van der Waals surface area (Å²) < 4.78 is 10.3. The first-order valence-corrected chi connectivity index (χ1v) is 6.56.